The van der Waals surface area contributed by atoms with E-state index in [0.29, 0.717) is 17.9 Å². The maximum absolute atomic E-state index is 11.1. The zero-order valence-electron chi connectivity index (χ0n) is 9.10. The van der Waals surface area contributed by atoms with E-state index in [4.69, 9.17) is 9.84 Å². The van der Waals surface area contributed by atoms with Crippen molar-refractivity contribution >= 4 is 11.8 Å². The summed E-state index contributed by atoms with van der Waals surface area (Å²) < 4.78 is 5.42. The Hall–Kier alpha value is -1.84. The Labute approximate surface area is 93.9 Å². The minimum Gasteiger partial charge on any atom is -0.493 e. The lowest BCUT2D eigenvalue weighted by atomic mass is 10.1. The van der Waals surface area contributed by atoms with Gasteiger partial charge in [0, 0.05) is 12.0 Å². The third-order valence-electron chi connectivity index (χ3n) is 2.02. The average Bonchev–Trinajstić information content (AvgIpc) is 2.27. The van der Waals surface area contributed by atoms with Crippen LogP contribution >= 0.6 is 0 Å². The van der Waals surface area contributed by atoms with Gasteiger partial charge in [0.2, 0.25) is 5.78 Å². The van der Waals surface area contributed by atoms with Gasteiger partial charge in [-0.15, -0.1) is 0 Å². The van der Waals surface area contributed by atoms with Crippen molar-refractivity contribution < 1.29 is 19.4 Å². The first kappa shape index (κ1) is 12.2. The fourth-order valence-electron chi connectivity index (χ4n) is 1.25. The van der Waals surface area contributed by atoms with Crippen molar-refractivity contribution in [2.24, 2.45) is 0 Å². The molecular weight excluding hydrogens is 208 g/mol. The highest BCUT2D eigenvalue weighted by molar-refractivity contribution is 6.33. The Kier molecular flexibility index (Phi) is 4.51. The van der Waals surface area contributed by atoms with E-state index in [2.05, 4.69) is 0 Å². The molecule has 0 radical (unpaired) electrons. The molecule has 0 saturated carbocycles. The molecule has 0 bridgehead atoms. The smallest absolute Gasteiger partial charge is 0.372 e. The number of carboxylic acid groups (broad SMARTS) is 1. The van der Waals surface area contributed by atoms with E-state index >= 15 is 0 Å². The van der Waals surface area contributed by atoms with Gasteiger partial charge in [0.15, 0.2) is 0 Å². The van der Waals surface area contributed by atoms with Crippen LogP contribution < -0.4 is 4.74 Å². The standard InChI is InChI=1S/C12H14O4/c1-2-7-16-11-6-4-3-5-9(11)8-10(13)12(14)15/h3-6H,2,7-8H2,1H3,(H,14,15). The maximum Gasteiger partial charge on any atom is 0.372 e. The Bertz CT molecular complexity index is 384. The van der Waals surface area contributed by atoms with E-state index in [1.807, 2.05) is 6.92 Å². The quantitative estimate of drug-likeness (QED) is 0.743. The van der Waals surface area contributed by atoms with Gasteiger partial charge in [-0.1, -0.05) is 25.1 Å². The summed E-state index contributed by atoms with van der Waals surface area (Å²) in [6, 6.07) is 6.98. The molecule has 86 valence electrons. The highest BCUT2D eigenvalue weighted by Crippen LogP contribution is 2.18. The Morgan fingerprint density at radius 1 is 1.31 bits per heavy atom. The van der Waals surface area contributed by atoms with E-state index in [-0.39, 0.29) is 6.42 Å². The summed E-state index contributed by atoms with van der Waals surface area (Å²) in [6.07, 6.45) is 0.733. The minimum atomic E-state index is -1.41. The van der Waals surface area contributed by atoms with Gasteiger partial charge in [0.25, 0.3) is 0 Å². The molecule has 0 spiro atoms. The lowest BCUT2D eigenvalue weighted by Gasteiger charge is -2.09. The molecule has 0 aliphatic heterocycles. The molecule has 0 heterocycles. The molecule has 16 heavy (non-hydrogen) atoms. The molecule has 1 rings (SSSR count). The summed E-state index contributed by atoms with van der Waals surface area (Å²) in [5.74, 6) is -1.66. The molecule has 1 aromatic carbocycles. The van der Waals surface area contributed by atoms with Crippen LogP contribution in [0.15, 0.2) is 24.3 Å². The van der Waals surface area contributed by atoms with Crippen molar-refractivity contribution in [3.05, 3.63) is 29.8 Å². The second-order valence-corrected chi connectivity index (χ2v) is 3.36. The first-order valence-electron chi connectivity index (χ1n) is 5.12. The SMILES string of the molecule is CCCOc1ccccc1CC(=O)C(=O)O. The van der Waals surface area contributed by atoms with Gasteiger partial charge in [0.05, 0.1) is 6.61 Å². The normalized spacial score (nSPS) is 9.81. The van der Waals surface area contributed by atoms with Crippen LogP contribution in [0.1, 0.15) is 18.9 Å². The van der Waals surface area contributed by atoms with Crippen LogP contribution in [0.2, 0.25) is 0 Å². The Morgan fingerprint density at radius 3 is 2.62 bits per heavy atom. The number of carboxylic acids is 1. The molecule has 0 aliphatic rings. The van der Waals surface area contributed by atoms with Gasteiger partial charge in [-0.25, -0.2) is 4.79 Å². The number of hydrogen-bond acceptors (Lipinski definition) is 3. The number of Topliss-reactive ketones (excluding diaryl/α,β-unsaturated/α-hetero) is 1. The van der Waals surface area contributed by atoms with E-state index in [1.54, 1.807) is 24.3 Å². The predicted molar refractivity (Wildman–Crippen MR) is 58.6 cm³/mol. The van der Waals surface area contributed by atoms with Crippen molar-refractivity contribution in [2.45, 2.75) is 19.8 Å². The van der Waals surface area contributed by atoms with Crippen molar-refractivity contribution in [2.75, 3.05) is 6.61 Å². The van der Waals surface area contributed by atoms with Crippen LogP contribution in [-0.4, -0.2) is 23.5 Å². The van der Waals surface area contributed by atoms with Gasteiger partial charge in [0.1, 0.15) is 5.75 Å². The highest BCUT2D eigenvalue weighted by atomic mass is 16.5. The van der Waals surface area contributed by atoms with Crippen molar-refractivity contribution in [3.8, 4) is 5.75 Å². The zero-order chi connectivity index (χ0) is 12.0. The van der Waals surface area contributed by atoms with Crippen molar-refractivity contribution in [1.29, 1.82) is 0 Å². The van der Waals surface area contributed by atoms with Gasteiger partial charge in [-0.05, 0) is 12.5 Å². The molecule has 0 fully saturated rings. The lowest BCUT2D eigenvalue weighted by molar-refractivity contribution is -0.148. The third-order valence-corrected chi connectivity index (χ3v) is 2.02. The number of aliphatic carboxylic acids is 1. The van der Waals surface area contributed by atoms with E-state index in [0.717, 1.165) is 6.42 Å². The average molecular weight is 222 g/mol. The zero-order valence-corrected chi connectivity index (χ0v) is 9.10. The van der Waals surface area contributed by atoms with E-state index < -0.39 is 11.8 Å². The fraction of sp³-hybridized carbons (Fsp3) is 0.333. The molecule has 0 aromatic heterocycles. The predicted octanol–water partition coefficient (Wildman–Crippen LogP) is 1.67. The van der Waals surface area contributed by atoms with Crippen molar-refractivity contribution in [1.82, 2.24) is 0 Å². The van der Waals surface area contributed by atoms with Crippen LogP contribution in [0.25, 0.3) is 0 Å². The maximum atomic E-state index is 11.1. The first-order chi connectivity index (χ1) is 7.65. The fourth-order valence-corrected chi connectivity index (χ4v) is 1.25. The third kappa shape index (κ3) is 3.38. The van der Waals surface area contributed by atoms with Crippen LogP contribution in [0.3, 0.4) is 0 Å². The largest absolute Gasteiger partial charge is 0.493 e. The molecule has 0 atom stereocenters. The number of benzene rings is 1. The molecule has 0 unspecified atom stereocenters. The molecule has 4 nitrogen and oxygen atoms in total. The summed E-state index contributed by atoms with van der Waals surface area (Å²) in [6.45, 7) is 2.53. The summed E-state index contributed by atoms with van der Waals surface area (Å²) in [7, 11) is 0. The summed E-state index contributed by atoms with van der Waals surface area (Å²) in [5.41, 5.74) is 0.614. The lowest BCUT2D eigenvalue weighted by Crippen LogP contribution is -2.15. The Morgan fingerprint density at radius 2 is 2.00 bits per heavy atom. The molecule has 1 aromatic rings. The number of carbonyl (C=O) groups is 2. The summed E-state index contributed by atoms with van der Waals surface area (Å²) in [4.78, 5) is 21.5. The molecule has 0 amide bonds. The Balaban J connectivity index is 2.78. The number of para-hydroxylation sites is 1. The van der Waals surface area contributed by atoms with Crippen LogP contribution in [0.5, 0.6) is 5.75 Å². The van der Waals surface area contributed by atoms with E-state index in [9.17, 15) is 9.59 Å². The van der Waals surface area contributed by atoms with Gasteiger partial charge < -0.3 is 9.84 Å². The molecule has 0 saturated heterocycles. The number of carbonyl (C=O) groups excluding carboxylic acids is 1. The number of hydrogen-bond donors (Lipinski definition) is 1. The molecule has 4 heteroatoms. The van der Waals surface area contributed by atoms with Crippen LogP contribution in [0.4, 0.5) is 0 Å². The molecule has 1 N–H and O–H groups in total. The number of ketones is 1. The van der Waals surface area contributed by atoms with Gasteiger partial charge in [-0.2, -0.15) is 0 Å². The van der Waals surface area contributed by atoms with Crippen LogP contribution in [-0.2, 0) is 16.0 Å². The highest BCUT2D eigenvalue weighted by Gasteiger charge is 2.14. The topological polar surface area (TPSA) is 63.6 Å². The van der Waals surface area contributed by atoms with Gasteiger partial charge in [-0.3, -0.25) is 4.79 Å². The number of ether oxygens (including phenoxy) is 1. The molecule has 0 aliphatic carbocycles. The summed E-state index contributed by atoms with van der Waals surface area (Å²) in [5, 5.41) is 8.52. The molecular formula is C12H14O4. The number of rotatable bonds is 6. The second kappa shape index (κ2) is 5.90. The monoisotopic (exact) mass is 222 g/mol. The van der Waals surface area contributed by atoms with Crippen LogP contribution in [0, 0.1) is 0 Å². The summed E-state index contributed by atoms with van der Waals surface area (Å²) >= 11 is 0. The van der Waals surface area contributed by atoms with Crippen molar-refractivity contribution in [3.63, 3.8) is 0 Å². The second-order valence-electron chi connectivity index (χ2n) is 3.36. The first-order valence-corrected chi connectivity index (χ1v) is 5.12. The minimum absolute atomic E-state index is 0.130. The van der Waals surface area contributed by atoms with Gasteiger partial charge >= 0.3 is 5.97 Å². The van der Waals surface area contributed by atoms with E-state index in [1.165, 1.54) is 0 Å².